The van der Waals surface area contributed by atoms with Crippen LogP contribution in [0, 0.1) is 5.41 Å². The van der Waals surface area contributed by atoms with E-state index >= 15 is 0 Å². The highest BCUT2D eigenvalue weighted by Gasteiger charge is 2.50. The second kappa shape index (κ2) is 5.02. The van der Waals surface area contributed by atoms with Gasteiger partial charge in [0.05, 0.1) is 17.1 Å². The fourth-order valence-corrected chi connectivity index (χ4v) is 3.62. The first-order chi connectivity index (χ1) is 9.98. The number of methoxy groups -OCH3 is 1. The number of aromatic nitrogens is 2. The van der Waals surface area contributed by atoms with Crippen LogP contribution in [-0.4, -0.2) is 22.8 Å². The van der Waals surface area contributed by atoms with Crippen molar-refractivity contribution in [1.29, 1.82) is 0 Å². The van der Waals surface area contributed by atoms with Crippen molar-refractivity contribution in [2.45, 2.75) is 52.2 Å². The lowest BCUT2D eigenvalue weighted by atomic mass is 9.64. The van der Waals surface area contributed by atoms with Crippen molar-refractivity contribution in [3.63, 3.8) is 0 Å². The first kappa shape index (κ1) is 14.4. The summed E-state index contributed by atoms with van der Waals surface area (Å²) in [5, 5.41) is 0. The van der Waals surface area contributed by atoms with Crippen LogP contribution >= 0.6 is 0 Å². The molecule has 2 unspecified atom stereocenters. The Balaban J connectivity index is 2.10. The van der Waals surface area contributed by atoms with Gasteiger partial charge < -0.3 is 15.0 Å². The number of hydrogen-bond donors (Lipinski definition) is 1. The van der Waals surface area contributed by atoms with Gasteiger partial charge in [0.2, 0.25) is 0 Å². The Morgan fingerprint density at radius 1 is 1.43 bits per heavy atom. The van der Waals surface area contributed by atoms with Gasteiger partial charge >= 0.3 is 0 Å². The van der Waals surface area contributed by atoms with Gasteiger partial charge in [0.1, 0.15) is 5.82 Å². The molecule has 0 bridgehead atoms. The Morgan fingerprint density at radius 2 is 2.19 bits per heavy atom. The fourth-order valence-electron chi connectivity index (χ4n) is 3.62. The van der Waals surface area contributed by atoms with Crippen LogP contribution in [0.15, 0.2) is 18.2 Å². The fraction of sp³-hybridized carbons (Fsp3) is 0.588. The van der Waals surface area contributed by atoms with Crippen molar-refractivity contribution in [2.24, 2.45) is 5.41 Å². The van der Waals surface area contributed by atoms with Crippen molar-refractivity contribution in [1.82, 2.24) is 9.55 Å². The number of anilines is 1. The van der Waals surface area contributed by atoms with Gasteiger partial charge in [0.25, 0.3) is 0 Å². The summed E-state index contributed by atoms with van der Waals surface area (Å²) in [4.78, 5) is 4.82. The average Bonchev–Trinajstić information content (AvgIpc) is 2.76. The number of fused-ring (bicyclic) bond motifs is 1. The maximum Gasteiger partial charge on any atom is 0.110 e. The Morgan fingerprint density at radius 3 is 2.81 bits per heavy atom. The molecule has 2 aromatic rings. The molecule has 1 aromatic carbocycles. The highest BCUT2D eigenvalue weighted by atomic mass is 16.5. The van der Waals surface area contributed by atoms with Gasteiger partial charge in [-0.3, -0.25) is 0 Å². The maximum atomic E-state index is 5.91. The number of nitrogen functional groups attached to an aromatic ring is 1. The molecule has 0 spiro atoms. The molecule has 2 N–H and O–H groups in total. The molecule has 4 nitrogen and oxygen atoms in total. The summed E-state index contributed by atoms with van der Waals surface area (Å²) >= 11 is 0. The Kier molecular flexibility index (Phi) is 3.44. The van der Waals surface area contributed by atoms with E-state index in [9.17, 15) is 0 Å². The summed E-state index contributed by atoms with van der Waals surface area (Å²) in [5.74, 6) is 1.17. The molecule has 0 aliphatic heterocycles. The minimum Gasteiger partial charge on any atom is -0.399 e. The van der Waals surface area contributed by atoms with E-state index in [1.54, 1.807) is 0 Å². The van der Waals surface area contributed by atoms with E-state index in [4.69, 9.17) is 15.5 Å². The zero-order valence-corrected chi connectivity index (χ0v) is 13.4. The van der Waals surface area contributed by atoms with E-state index in [0.29, 0.717) is 12.1 Å². The molecule has 1 saturated carbocycles. The van der Waals surface area contributed by atoms with Crippen LogP contribution < -0.4 is 5.73 Å². The lowest BCUT2D eigenvalue weighted by Crippen LogP contribution is -2.51. The number of benzene rings is 1. The summed E-state index contributed by atoms with van der Waals surface area (Å²) in [5.41, 5.74) is 9.02. The van der Waals surface area contributed by atoms with Crippen LogP contribution in [0.25, 0.3) is 11.0 Å². The number of hydrogen-bond acceptors (Lipinski definition) is 3. The molecular formula is C17H25N3O. The van der Waals surface area contributed by atoms with Crippen molar-refractivity contribution < 1.29 is 4.74 Å². The minimum absolute atomic E-state index is 0.131. The number of rotatable bonds is 4. The largest absolute Gasteiger partial charge is 0.399 e. The molecule has 1 aromatic heterocycles. The van der Waals surface area contributed by atoms with E-state index in [1.807, 2.05) is 19.2 Å². The number of aryl methyl sites for hydroxylation is 1. The quantitative estimate of drug-likeness (QED) is 0.875. The molecule has 21 heavy (non-hydrogen) atoms. The average molecular weight is 287 g/mol. The molecule has 3 rings (SSSR count). The van der Waals surface area contributed by atoms with Crippen molar-refractivity contribution in [2.75, 3.05) is 12.8 Å². The number of nitrogens with zero attached hydrogens (tertiary/aromatic N) is 2. The zero-order chi connectivity index (χ0) is 15.2. The summed E-state index contributed by atoms with van der Waals surface area (Å²) in [6.45, 7) is 6.77. The number of ether oxygens (including phenoxy) is 1. The lowest BCUT2D eigenvalue weighted by molar-refractivity contribution is -0.112. The predicted molar refractivity (Wildman–Crippen MR) is 86.4 cm³/mol. The summed E-state index contributed by atoms with van der Waals surface area (Å²) < 4.78 is 8.03. The Labute approximate surface area is 126 Å². The Hall–Kier alpha value is -1.55. The molecule has 0 amide bonds. The molecule has 0 saturated heterocycles. The molecule has 1 fully saturated rings. The van der Waals surface area contributed by atoms with Gasteiger partial charge in [-0.2, -0.15) is 0 Å². The molecule has 0 radical (unpaired) electrons. The third-order valence-corrected chi connectivity index (χ3v) is 4.98. The molecule has 1 aliphatic rings. The van der Waals surface area contributed by atoms with Crippen LogP contribution in [-0.2, 0) is 11.2 Å². The van der Waals surface area contributed by atoms with Crippen LogP contribution in [0.3, 0.4) is 0 Å². The van der Waals surface area contributed by atoms with Crippen LogP contribution in [0.5, 0.6) is 0 Å². The number of nitrogens with two attached hydrogens (primary N) is 1. The first-order valence-corrected chi connectivity index (χ1v) is 7.78. The third-order valence-electron chi connectivity index (χ3n) is 4.98. The van der Waals surface area contributed by atoms with Gasteiger partial charge in [-0.25, -0.2) is 4.98 Å². The predicted octanol–water partition coefficient (Wildman–Crippen LogP) is 3.56. The van der Waals surface area contributed by atoms with E-state index in [0.717, 1.165) is 30.5 Å². The topological polar surface area (TPSA) is 53.1 Å². The van der Waals surface area contributed by atoms with Crippen molar-refractivity contribution in [3.05, 3.63) is 24.0 Å². The minimum atomic E-state index is 0.131. The summed E-state index contributed by atoms with van der Waals surface area (Å²) in [7, 11) is 1.81. The van der Waals surface area contributed by atoms with Gasteiger partial charge in [0.15, 0.2) is 0 Å². The highest BCUT2D eigenvalue weighted by Crippen LogP contribution is 2.52. The summed E-state index contributed by atoms with van der Waals surface area (Å²) in [6.07, 6.45) is 3.47. The van der Waals surface area contributed by atoms with E-state index in [-0.39, 0.29) is 5.41 Å². The molecule has 2 atom stereocenters. The lowest BCUT2D eigenvalue weighted by Gasteiger charge is -2.52. The van der Waals surface area contributed by atoms with Gasteiger partial charge in [-0.15, -0.1) is 0 Å². The molecule has 1 aliphatic carbocycles. The van der Waals surface area contributed by atoms with Crippen LogP contribution in [0.1, 0.15) is 45.5 Å². The molecule has 1 heterocycles. The molecular weight excluding hydrogens is 262 g/mol. The second-order valence-corrected chi connectivity index (χ2v) is 6.69. The van der Waals surface area contributed by atoms with Gasteiger partial charge in [-0.1, -0.05) is 20.8 Å². The monoisotopic (exact) mass is 287 g/mol. The van der Waals surface area contributed by atoms with Gasteiger partial charge in [0, 0.05) is 30.7 Å². The van der Waals surface area contributed by atoms with Gasteiger partial charge in [-0.05, 0) is 31.0 Å². The van der Waals surface area contributed by atoms with E-state index in [1.165, 1.54) is 11.3 Å². The normalized spacial score (nSPS) is 24.2. The first-order valence-electron chi connectivity index (χ1n) is 7.78. The Bertz CT molecular complexity index is 659. The molecule has 114 valence electrons. The highest BCUT2D eigenvalue weighted by molar-refractivity contribution is 5.80. The van der Waals surface area contributed by atoms with Crippen LogP contribution in [0.2, 0.25) is 0 Å². The van der Waals surface area contributed by atoms with E-state index in [2.05, 4.69) is 31.4 Å². The molecule has 4 heteroatoms. The SMILES string of the molecule is CCCc1nc2cc(N)ccc2n1C1CC(OC)C1(C)C. The standard InChI is InChI=1S/C17H25N3O/c1-5-6-16-19-12-9-11(18)7-8-13(12)20(16)14-10-15(21-4)17(14,2)3/h7-9,14-15H,5-6,10,18H2,1-4H3. The number of imidazole rings is 1. The zero-order valence-electron chi connectivity index (χ0n) is 13.4. The van der Waals surface area contributed by atoms with Crippen LogP contribution in [0.4, 0.5) is 5.69 Å². The smallest absolute Gasteiger partial charge is 0.110 e. The third kappa shape index (κ3) is 2.13. The van der Waals surface area contributed by atoms with Crippen molar-refractivity contribution in [3.8, 4) is 0 Å². The van der Waals surface area contributed by atoms with Crippen molar-refractivity contribution >= 4 is 16.7 Å². The second-order valence-electron chi connectivity index (χ2n) is 6.69. The summed E-state index contributed by atoms with van der Waals surface area (Å²) in [6, 6.07) is 6.49. The van der Waals surface area contributed by atoms with E-state index < -0.39 is 0 Å². The maximum absolute atomic E-state index is 5.91.